The number of hydrogen-bond donors (Lipinski definition) is 3. The summed E-state index contributed by atoms with van der Waals surface area (Å²) < 4.78 is 10.6. The molecule has 118 valence electrons. The zero-order valence-electron chi connectivity index (χ0n) is 12.6. The number of benzene rings is 2. The van der Waals surface area contributed by atoms with Gasteiger partial charge in [-0.25, -0.2) is 0 Å². The smallest absolute Gasteiger partial charge is 0.160 e. The van der Waals surface area contributed by atoms with E-state index in [1.54, 1.807) is 49.6 Å². The Morgan fingerprint density at radius 1 is 0.955 bits per heavy atom. The van der Waals surface area contributed by atoms with Crippen molar-refractivity contribution in [1.82, 2.24) is 0 Å². The minimum absolute atomic E-state index is 0.0130. The maximum absolute atomic E-state index is 9.92. The molecule has 0 unspecified atom stereocenters. The van der Waals surface area contributed by atoms with Crippen LogP contribution in [0.3, 0.4) is 0 Å². The molecule has 5 heteroatoms. The lowest BCUT2D eigenvalue weighted by atomic mass is 9.89. The van der Waals surface area contributed by atoms with Crippen LogP contribution in [0.1, 0.15) is 23.1 Å². The van der Waals surface area contributed by atoms with Crippen molar-refractivity contribution < 1.29 is 24.8 Å². The summed E-state index contributed by atoms with van der Waals surface area (Å²) in [5.74, 6) is 0.200. The first-order valence-electron chi connectivity index (χ1n) is 6.90. The molecule has 0 bridgehead atoms. The molecule has 2 aromatic carbocycles. The molecule has 22 heavy (non-hydrogen) atoms. The number of hydrogen-bond acceptors (Lipinski definition) is 5. The maximum Gasteiger partial charge on any atom is 0.160 e. The topological polar surface area (TPSA) is 79.2 Å². The highest BCUT2D eigenvalue weighted by Gasteiger charge is 2.25. The molecule has 5 nitrogen and oxygen atoms in total. The predicted octanol–water partition coefficient (Wildman–Crippen LogP) is 2.57. The van der Waals surface area contributed by atoms with Crippen LogP contribution in [-0.2, 0) is 4.74 Å². The number of ether oxygens (including phenoxy) is 2. The second kappa shape index (κ2) is 7.15. The molecule has 0 amide bonds. The van der Waals surface area contributed by atoms with Crippen LogP contribution in [0.5, 0.6) is 17.2 Å². The van der Waals surface area contributed by atoms with Crippen LogP contribution in [0.4, 0.5) is 0 Å². The molecular formula is C17H20O5. The Bertz CT molecular complexity index is 609. The van der Waals surface area contributed by atoms with E-state index in [0.717, 1.165) is 11.1 Å². The fourth-order valence-electron chi connectivity index (χ4n) is 2.51. The highest BCUT2D eigenvalue weighted by Crippen LogP contribution is 2.37. The molecule has 0 aliphatic carbocycles. The van der Waals surface area contributed by atoms with Gasteiger partial charge in [-0.05, 0) is 35.4 Å². The van der Waals surface area contributed by atoms with Gasteiger partial charge in [0.1, 0.15) is 5.75 Å². The normalized spacial score (nSPS) is 13.6. The predicted molar refractivity (Wildman–Crippen MR) is 82.3 cm³/mol. The number of methoxy groups -OCH3 is 2. The number of rotatable bonds is 6. The van der Waals surface area contributed by atoms with E-state index in [0.29, 0.717) is 5.75 Å². The number of aromatic hydroxyl groups is 2. The van der Waals surface area contributed by atoms with Gasteiger partial charge < -0.3 is 24.8 Å². The Balaban J connectivity index is 2.36. The van der Waals surface area contributed by atoms with Crippen molar-refractivity contribution in [3.63, 3.8) is 0 Å². The van der Waals surface area contributed by atoms with Gasteiger partial charge in [-0.15, -0.1) is 0 Å². The summed E-state index contributed by atoms with van der Waals surface area (Å²) in [5, 5.41) is 29.1. The average molecular weight is 304 g/mol. The van der Waals surface area contributed by atoms with E-state index in [-0.39, 0.29) is 24.0 Å². The van der Waals surface area contributed by atoms with Crippen molar-refractivity contribution in [1.29, 1.82) is 0 Å². The third-order valence-electron chi connectivity index (χ3n) is 3.67. The van der Waals surface area contributed by atoms with Crippen LogP contribution >= 0.6 is 0 Å². The van der Waals surface area contributed by atoms with Gasteiger partial charge in [0.2, 0.25) is 0 Å². The average Bonchev–Trinajstić information content (AvgIpc) is 2.53. The first kappa shape index (κ1) is 16.1. The zero-order chi connectivity index (χ0) is 16.1. The highest BCUT2D eigenvalue weighted by atomic mass is 16.5. The van der Waals surface area contributed by atoms with Crippen LogP contribution in [0.2, 0.25) is 0 Å². The van der Waals surface area contributed by atoms with Crippen molar-refractivity contribution >= 4 is 0 Å². The summed E-state index contributed by atoms with van der Waals surface area (Å²) in [6, 6.07) is 11.6. The first-order chi connectivity index (χ1) is 10.6. The Hall–Kier alpha value is -2.24. The molecule has 0 spiro atoms. The van der Waals surface area contributed by atoms with Gasteiger partial charge in [0, 0.05) is 13.0 Å². The Labute approximate surface area is 129 Å². The highest BCUT2D eigenvalue weighted by molar-refractivity contribution is 5.43. The maximum atomic E-state index is 9.92. The summed E-state index contributed by atoms with van der Waals surface area (Å²) in [6.45, 7) is -0.148. The Morgan fingerprint density at radius 2 is 1.59 bits per heavy atom. The van der Waals surface area contributed by atoms with E-state index in [2.05, 4.69) is 0 Å². The monoisotopic (exact) mass is 304 g/mol. The van der Waals surface area contributed by atoms with Crippen molar-refractivity contribution in [2.45, 2.75) is 12.0 Å². The molecule has 2 atom stereocenters. The first-order valence-corrected chi connectivity index (χ1v) is 6.90. The molecule has 3 N–H and O–H groups in total. The summed E-state index contributed by atoms with van der Waals surface area (Å²) in [7, 11) is 3.04. The van der Waals surface area contributed by atoms with Gasteiger partial charge in [0.05, 0.1) is 19.8 Å². The second-order valence-electron chi connectivity index (χ2n) is 4.97. The Morgan fingerprint density at radius 3 is 2.09 bits per heavy atom. The van der Waals surface area contributed by atoms with Crippen molar-refractivity contribution in [3.05, 3.63) is 53.6 Å². The fourth-order valence-corrected chi connectivity index (χ4v) is 2.51. The largest absolute Gasteiger partial charge is 0.508 e. The molecule has 2 aromatic rings. The van der Waals surface area contributed by atoms with Crippen LogP contribution < -0.4 is 4.74 Å². The van der Waals surface area contributed by atoms with E-state index in [9.17, 15) is 15.3 Å². The molecule has 0 heterocycles. The summed E-state index contributed by atoms with van der Waals surface area (Å²) in [5.41, 5.74) is 1.57. The lowest BCUT2D eigenvalue weighted by molar-refractivity contribution is 0.0565. The zero-order valence-corrected chi connectivity index (χ0v) is 12.6. The lowest BCUT2D eigenvalue weighted by Gasteiger charge is -2.25. The molecule has 0 fully saturated rings. The summed E-state index contributed by atoms with van der Waals surface area (Å²) >= 11 is 0. The van der Waals surface area contributed by atoms with Crippen LogP contribution in [0.25, 0.3) is 0 Å². The summed E-state index contributed by atoms with van der Waals surface area (Å²) in [6.07, 6.45) is -0.404. The van der Waals surface area contributed by atoms with Crippen LogP contribution in [-0.4, -0.2) is 36.1 Å². The van der Waals surface area contributed by atoms with E-state index in [4.69, 9.17) is 9.47 Å². The van der Waals surface area contributed by atoms with Gasteiger partial charge in [-0.1, -0.05) is 18.2 Å². The SMILES string of the molecule is COc1ccc([C@@H](CO)[C@@H](OC)c2ccc(O)cc2)cc1O. The van der Waals surface area contributed by atoms with E-state index >= 15 is 0 Å². The molecule has 0 aromatic heterocycles. The van der Waals surface area contributed by atoms with Gasteiger partial charge in [-0.3, -0.25) is 0 Å². The van der Waals surface area contributed by atoms with Gasteiger partial charge >= 0.3 is 0 Å². The minimum Gasteiger partial charge on any atom is -0.508 e. The Kier molecular flexibility index (Phi) is 5.25. The number of phenols is 2. The summed E-state index contributed by atoms with van der Waals surface area (Å²) in [4.78, 5) is 0. The van der Waals surface area contributed by atoms with Gasteiger partial charge in [0.15, 0.2) is 11.5 Å². The quantitative estimate of drug-likeness (QED) is 0.764. The van der Waals surface area contributed by atoms with E-state index < -0.39 is 6.10 Å². The molecule has 0 radical (unpaired) electrons. The molecule has 0 aliphatic rings. The fraction of sp³-hybridized carbons (Fsp3) is 0.294. The number of aliphatic hydroxyl groups excluding tert-OH is 1. The number of aliphatic hydroxyl groups is 1. The van der Waals surface area contributed by atoms with Crippen molar-refractivity contribution in [3.8, 4) is 17.2 Å². The third-order valence-corrected chi connectivity index (χ3v) is 3.67. The van der Waals surface area contributed by atoms with Gasteiger partial charge in [0.25, 0.3) is 0 Å². The van der Waals surface area contributed by atoms with Crippen molar-refractivity contribution in [2.75, 3.05) is 20.8 Å². The third kappa shape index (κ3) is 3.32. The molecule has 0 aliphatic heterocycles. The van der Waals surface area contributed by atoms with Crippen LogP contribution in [0.15, 0.2) is 42.5 Å². The van der Waals surface area contributed by atoms with E-state index in [1.807, 2.05) is 0 Å². The number of phenolic OH excluding ortho intramolecular Hbond substituents is 2. The lowest BCUT2D eigenvalue weighted by Crippen LogP contribution is -2.17. The molecule has 0 saturated heterocycles. The molecule has 0 saturated carbocycles. The second-order valence-corrected chi connectivity index (χ2v) is 4.97. The minimum atomic E-state index is -0.404. The molecule has 2 rings (SSSR count). The molecular weight excluding hydrogens is 284 g/mol. The van der Waals surface area contributed by atoms with Crippen molar-refractivity contribution in [2.24, 2.45) is 0 Å². The standard InChI is InChI=1S/C17H20O5/c1-21-16-8-5-12(9-15(16)20)14(10-18)17(22-2)11-3-6-13(19)7-4-11/h3-9,14,17-20H,10H2,1-2H3/t14-,17+/m1/s1. The van der Waals surface area contributed by atoms with Crippen LogP contribution in [0, 0.1) is 0 Å². The van der Waals surface area contributed by atoms with E-state index in [1.165, 1.54) is 7.11 Å². The van der Waals surface area contributed by atoms with Gasteiger partial charge in [-0.2, -0.15) is 0 Å².